The van der Waals surface area contributed by atoms with Crippen molar-refractivity contribution in [3.05, 3.63) is 47.2 Å². The molecule has 21 heavy (non-hydrogen) atoms. The van der Waals surface area contributed by atoms with E-state index in [1.165, 1.54) is 0 Å². The largest absolute Gasteiger partial charge is 0.478 e. The lowest BCUT2D eigenvalue weighted by atomic mass is 10.1. The molecular formula is C13H15N3O4S. The van der Waals surface area contributed by atoms with E-state index in [0.29, 0.717) is 0 Å². The number of nitrogens with one attached hydrogen (secondary N) is 2. The molecule has 0 saturated heterocycles. The Morgan fingerprint density at radius 3 is 2.48 bits per heavy atom. The van der Waals surface area contributed by atoms with Crippen LogP contribution in [0.1, 0.15) is 28.4 Å². The molecule has 0 amide bonds. The maximum Gasteiger partial charge on any atom is 0.340 e. The first-order valence-corrected chi connectivity index (χ1v) is 7.76. The van der Waals surface area contributed by atoms with Gasteiger partial charge >= 0.3 is 5.97 Å². The van der Waals surface area contributed by atoms with Crippen molar-refractivity contribution in [3.63, 3.8) is 0 Å². The van der Waals surface area contributed by atoms with Gasteiger partial charge in [-0.1, -0.05) is 31.2 Å². The summed E-state index contributed by atoms with van der Waals surface area (Å²) < 4.78 is 26.5. The predicted molar refractivity (Wildman–Crippen MR) is 75.4 cm³/mol. The Bertz CT molecular complexity index is 735. The summed E-state index contributed by atoms with van der Waals surface area (Å²) in [6.45, 7) is 2.10. The van der Waals surface area contributed by atoms with E-state index in [2.05, 4.69) is 14.9 Å². The van der Waals surface area contributed by atoms with Crippen molar-refractivity contribution in [1.29, 1.82) is 0 Å². The third-order valence-electron chi connectivity index (χ3n) is 3.00. The first-order valence-electron chi connectivity index (χ1n) is 6.28. The molecule has 0 aliphatic rings. The zero-order chi connectivity index (χ0) is 15.5. The van der Waals surface area contributed by atoms with Gasteiger partial charge in [0.05, 0.1) is 6.20 Å². The van der Waals surface area contributed by atoms with E-state index >= 15 is 0 Å². The minimum atomic E-state index is -3.96. The summed E-state index contributed by atoms with van der Waals surface area (Å²) in [6.07, 6.45) is 1.87. The summed E-state index contributed by atoms with van der Waals surface area (Å²) in [5.74, 6) is -1.35. The molecule has 0 spiro atoms. The lowest BCUT2D eigenvalue weighted by Crippen LogP contribution is -2.25. The van der Waals surface area contributed by atoms with E-state index in [9.17, 15) is 13.2 Å². The zero-order valence-corrected chi connectivity index (χ0v) is 12.1. The van der Waals surface area contributed by atoms with Gasteiger partial charge in [-0.15, -0.1) is 0 Å². The first kappa shape index (κ1) is 15.2. The Morgan fingerprint density at radius 2 is 1.90 bits per heavy atom. The van der Waals surface area contributed by atoms with Gasteiger partial charge < -0.3 is 5.11 Å². The van der Waals surface area contributed by atoms with Gasteiger partial charge in [0.15, 0.2) is 5.03 Å². The van der Waals surface area contributed by atoms with E-state index in [1.54, 1.807) is 0 Å². The monoisotopic (exact) mass is 309 g/mol. The second-order valence-electron chi connectivity index (χ2n) is 4.41. The Balaban J connectivity index is 2.14. The average Bonchev–Trinajstić information content (AvgIpc) is 2.96. The SMILES string of the molecule is CCc1ccc(CNS(=O)(=O)c2[nH]ncc2C(=O)O)cc1. The number of H-pyrrole nitrogens is 1. The highest BCUT2D eigenvalue weighted by atomic mass is 32.2. The minimum Gasteiger partial charge on any atom is -0.478 e. The number of aromatic amines is 1. The van der Waals surface area contributed by atoms with Crippen LogP contribution in [0.5, 0.6) is 0 Å². The van der Waals surface area contributed by atoms with E-state index < -0.39 is 21.0 Å². The Labute approximate surface area is 122 Å². The van der Waals surface area contributed by atoms with Gasteiger partial charge in [-0.2, -0.15) is 5.10 Å². The third-order valence-corrected chi connectivity index (χ3v) is 4.37. The molecule has 0 aliphatic carbocycles. The standard InChI is InChI=1S/C13H15N3O4S/c1-2-9-3-5-10(6-4-9)7-15-21(19,20)12-11(13(17)18)8-14-16-12/h3-6,8,15H,2,7H2,1H3,(H,14,16)(H,17,18). The fraction of sp³-hybridized carbons (Fsp3) is 0.231. The molecule has 0 aliphatic heterocycles. The van der Waals surface area contributed by atoms with Crippen molar-refractivity contribution in [3.8, 4) is 0 Å². The van der Waals surface area contributed by atoms with E-state index in [0.717, 1.165) is 23.7 Å². The molecule has 8 heteroatoms. The average molecular weight is 309 g/mol. The van der Waals surface area contributed by atoms with Crippen molar-refractivity contribution in [2.24, 2.45) is 0 Å². The van der Waals surface area contributed by atoms with Crippen LogP contribution in [0.4, 0.5) is 0 Å². The molecule has 0 atom stereocenters. The van der Waals surface area contributed by atoms with Crippen LogP contribution in [0.3, 0.4) is 0 Å². The van der Waals surface area contributed by atoms with E-state index in [4.69, 9.17) is 5.11 Å². The molecule has 0 saturated carbocycles. The maximum atomic E-state index is 12.1. The highest BCUT2D eigenvalue weighted by Gasteiger charge is 2.24. The fourth-order valence-electron chi connectivity index (χ4n) is 1.77. The molecular weight excluding hydrogens is 294 g/mol. The van der Waals surface area contributed by atoms with Crippen LogP contribution in [-0.2, 0) is 23.0 Å². The number of benzene rings is 1. The number of nitrogens with zero attached hydrogens (tertiary/aromatic N) is 1. The number of aromatic nitrogens is 2. The molecule has 1 heterocycles. The highest BCUT2D eigenvalue weighted by molar-refractivity contribution is 7.89. The molecule has 2 aromatic rings. The lowest BCUT2D eigenvalue weighted by Gasteiger charge is -2.06. The molecule has 0 bridgehead atoms. The van der Waals surface area contributed by atoms with Crippen LogP contribution in [0.2, 0.25) is 0 Å². The Hall–Kier alpha value is -2.19. The van der Waals surface area contributed by atoms with Gasteiger partial charge in [0.25, 0.3) is 10.0 Å². The highest BCUT2D eigenvalue weighted by Crippen LogP contribution is 2.12. The summed E-state index contributed by atoms with van der Waals surface area (Å²) in [7, 11) is -3.96. The Morgan fingerprint density at radius 1 is 1.29 bits per heavy atom. The second-order valence-corrected chi connectivity index (χ2v) is 6.12. The van der Waals surface area contributed by atoms with Crippen molar-refractivity contribution >= 4 is 16.0 Å². The van der Waals surface area contributed by atoms with Crippen molar-refractivity contribution in [2.75, 3.05) is 0 Å². The molecule has 7 nitrogen and oxygen atoms in total. The van der Waals surface area contributed by atoms with Crippen LogP contribution in [0, 0.1) is 0 Å². The number of aryl methyl sites for hydroxylation is 1. The Kier molecular flexibility index (Phi) is 4.39. The minimum absolute atomic E-state index is 0.0738. The van der Waals surface area contributed by atoms with E-state index in [1.807, 2.05) is 31.2 Å². The number of hydrogen-bond donors (Lipinski definition) is 3. The molecule has 0 radical (unpaired) electrons. The van der Waals surface area contributed by atoms with Gasteiger partial charge in [0.1, 0.15) is 5.56 Å². The van der Waals surface area contributed by atoms with Crippen molar-refractivity contribution < 1.29 is 18.3 Å². The maximum absolute atomic E-state index is 12.1. The second kappa shape index (κ2) is 6.06. The number of rotatable bonds is 6. The van der Waals surface area contributed by atoms with Gasteiger partial charge in [-0.25, -0.2) is 17.9 Å². The fourth-order valence-corrected chi connectivity index (χ4v) is 2.88. The van der Waals surface area contributed by atoms with Crippen LogP contribution in [-0.4, -0.2) is 29.7 Å². The molecule has 1 aromatic heterocycles. The summed E-state index contributed by atoms with van der Waals surface area (Å²) in [5.41, 5.74) is 1.55. The number of carboxylic acid groups (broad SMARTS) is 1. The van der Waals surface area contributed by atoms with E-state index in [-0.39, 0.29) is 12.1 Å². The normalized spacial score (nSPS) is 11.5. The topological polar surface area (TPSA) is 112 Å². The van der Waals surface area contributed by atoms with Crippen LogP contribution in [0.25, 0.3) is 0 Å². The summed E-state index contributed by atoms with van der Waals surface area (Å²) in [5, 5.41) is 14.1. The van der Waals surface area contributed by atoms with Crippen LogP contribution < -0.4 is 4.72 Å². The summed E-state index contributed by atoms with van der Waals surface area (Å²) in [6, 6.07) is 7.49. The third kappa shape index (κ3) is 3.47. The van der Waals surface area contributed by atoms with Gasteiger partial charge in [-0.3, -0.25) is 5.10 Å². The van der Waals surface area contributed by atoms with Gasteiger partial charge in [0.2, 0.25) is 0 Å². The zero-order valence-electron chi connectivity index (χ0n) is 11.3. The predicted octanol–water partition coefficient (Wildman–Crippen LogP) is 1.15. The molecule has 1 aromatic carbocycles. The van der Waals surface area contributed by atoms with Crippen molar-refractivity contribution in [1.82, 2.24) is 14.9 Å². The van der Waals surface area contributed by atoms with Crippen LogP contribution in [0.15, 0.2) is 35.5 Å². The summed E-state index contributed by atoms with van der Waals surface area (Å²) >= 11 is 0. The van der Waals surface area contributed by atoms with Crippen molar-refractivity contribution in [2.45, 2.75) is 24.9 Å². The molecule has 0 fully saturated rings. The lowest BCUT2D eigenvalue weighted by molar-refractivity contribution is 0.0692. The number of sulfonamides is 1. The number of aromatic carboxylic acids is 1. The molecule has 0 unspecified atom stereocenters. The smallest absolute Gasteiger partial charge is 0.340 e. The number of hydrogen-bond acceptors (Lipinski definition) is 4. The molecule has 112 valence electrons. The van der Waals surface area contributed by atoms with Gasteiger partial charge in [0, 0.05) is 6.54 Å². The number of carbonyl (C=O) groups is 1. The first-order chi connectivity index (χ1) is 9.94. The quantitative estimate of drug-likeness (QED) is 0.741. The molecule has 3 N–H and O–H groups in total. The summed E-state index contributed by atoms with van der Waals surface area (Å²) in [4.78, 5) is 10.9. The molecule has 2 rings (SSSR count). The number of carboxylic acids is 1. The van der Waals surface area contributed by atoms with Gasteiger partial charge in [-0.05, 0) is 17.5 Å². The van der Waals surface area contributed by atoms with Crippen LogP contribution >= 0.6 is 0 Å².